The Kier molecular flexibility index (Phi) is 5.25. The zero-order chi connectivity index (χ0) is 16.9. The highest BCUT2D eigenvalue weighted by Gasteiger charge is 2.32. The van der Waals surface area contributed by atoms with Gasteiger partial charge in [-0.2, -0.15) is 4.98 Å². The number of carbonyl (C=O) groups excluding carboxylic acids is 1. The Morgan fingerprint density at radius 3 is 2.83 bits per heavy atom. The van der Waals surface area contributed by atoms with Crippen molar-refractivity contribution in [3.8, 4) is 0 Å². The van der Waals surface area contributed by atoms with Crippen LogP contribution in [-0.2, 0) is 16.0 Å². The first-order chi connectivity index (χ1) is 11.6. The molecule has 1 atom stereocenters. The van der Waals surface area contributed by atoms with E-state index in [1.165, 1.54) is 0 Å². The van der Waals surface area contributed by atoms with Crippen molar-refractivity contribution in [1.29, 1.82) is 0 Å². The summed E-state index contributed by atoms with van der Waals surface area (Å²) in [6, 6.07) is 9.77. The van der Waals surface area contributed by atoms with Gasteiger partial charge >= 0.3 is 0 Å². The monoisotopic (exact) mass is 329 g/mol. The minimum absolute atomic E-state index is 0.100. The minimum atomic E-state index is -0.265. The number of aromatic nitrogens is 2. The SMILES string of the molecule is CC(C)c1nc([C@H]2COCCN2C(=O)CCc2ccccc2)no1. The van der Waals surface area contributed by atoms with Crippen LogP contribution >= 0.6 is 0 Å². The highest BCUT2D eigenvalue weighted by molar-refractivity contribution is 5.77. The van der Waals surface area contributed by atoms with E-state index < -0.39 is 0 Å². The normalized spacial score (nSPS) is 18.1. The van der Waals surface area contributed by atoms with E-state index in [1.54, 1.807) is 0 Å². The predicted molar refractivity (Wildman–Crippen MR) is 88.4 cm³/mol. The summed E-state index contributed by atoms with van der Waals surface area (Å²) in [7, 11) is 0. The number of carbonyl (C=O) groups is 1. The number of aryl methyl sites for hydroxylation is 1. The summed E-state index contributed by atoms with van der Waals surface area (Å²) in [6.07, 6.45) is 1.20. The molecule has 128 valence electrons. The largest absolute Gasteiger partial charge is 0.377 e. The lowest BCUT2D eigenvalue weighted by atomic mass is 10.1. The van der Waals surface area contributed by atoms with Crippen LogP contribution in [0.3, 0.4) is 0 Å². The van der Waals surface area contributed by atoms with Crippen LogP contribution in [0.4, 0.5) is 0 Å². The number of morpholine rings is 1. The summed E-state index contributed by atoms with van der Waals surface area (Å²) in [5, 5.41) is 4.05. The number of nitrogens with zero attached hydrogens (tertiary/aromatic N) is 3. The second-order valence-electron chi connectivity index (χ2n) is 6.31. The van der Waals surface area contributed by atoms with Gasteiger partial charge in [0.1, 0.15) is 6.04 Å². The Morgan fingerprint density at radius 2 is 2.12 bits per heavy atom. The van der Waals surface area contributed by atoms with Crippen molar-refractivity contribution in [3.05, 3.63) is 47.6 Å². The molecule has 0 radical (unpaired) electrons. The molecule has 2 heterocycles. The van der Waals surface area contributed by atoms with Crippen molar-refractivity contribution in [2.24, 2.45) is 0 Å². The fourth-order valence-corrected chi connectivity index (χ4v) is 2.77. The number of amides is 1. The van der Waals surface area contributed by atoms with Crippen LogP contribution in [0.15, 0.2) is 34.9 Å². The van der Waals surface area contributed by atoms with Gasteiger partial charge in [0.25, 0.3) is 0 Å². The summed E-state index contributed by atoms with van der Waals surface area (Å²) in [5.41, 5.74) is 1.16. The summed E-state index contributed by atoms with van der Waals surface area (Å²) in [6.45, 7) is 5.51. The minimum Gasteiger partial charge on any atom is -0.377 e. The molecule has 0 bridgehead atoms. The van der Waals surface area contributed by atoms with E-state index >= 15 is 0 Å². The average Bonchev–Trinajstić information content (AvgIpc) is 3.11. The van der Waals surface area contributed by atoms with Gasteiger partial charge in [-0.3, -0.25) is 4.79 Å². The molecule has 1 fully saturated rings. The zero-order valence-electron chi connectivity index (χ0n) is 14.1. The van der Waals surface area contributed by atoms with Gasteiger partial charge < -0.3 is 14.2 Å². The van der Waals surface area contributed by atoms with E-state index in [0.717, 1.165) is 12.0 Å². The molecular formula is C18H23N3O3. The van der Waals surface area contributed by atoms with E-state index in [1.807, 2.05) is 49.1 Å². The molecule has 0 aliphatic carbocycles. The van der Waals surface area contributed by atoms with E-state index in [0.29, 0.717) is 37.9 Å². The maximum Gasteiger partial charge on any atom is 0.229 e. The lowest BCUT2D eigenvalue weighted by Crippen LogP contribution is -2.44. The summed E-state index contributed by atoms with van der Waals surface area (Å²) >= 11 is 0. The van der Waals surface area contributed by atoms with Crippen LogP contribution in [0, 0.1) is 0 Å². The number of ether oxygens (including phenoxy) is 1. The topological polar surface area (TPSA) is 68.5 Å². The smallest absolute Gasteiger partial charge is 0.229 e. The summed E-state index contributed by atoms with van der Waals surface area (Å²) in [4.78, 5) is 18.9. The van der Waals surface area contributed by atoms with Gasteiger partial charge in [0.15, 0.2) is 5.82 Å². The Morgan fingerprint density at radius 1 is 1.33 bits per heavy atom. The first kappa shape index (κ1) is 16.6. The second kappa shape index (κ2) is 7.57. The molecule has 1 aromatic carbocycles. The zero-order valence-corrected chi connectivity index (χ0v) is 14.1. The van der Waals surface area contributed by atoms with Crippen molar-refractivity contribution < 1.29 is 14.1 Å². The van der Waals surface area contributed by atoms with Crippen LogP contribution in [0.2, 0.25) is 0 Å². The van der Waals surface area contributed by atoms with E-state index in [-0.39, 0.29) is 17.9 Å². The first-order valence-corrected chi connectivity index (χ1v) is 8.40. The molecule has 3 rings (SSSR count). The number of benzene rings is 1. The Bertz CT molecular complexity index is 669. The van der Waals surface area contributed by atoms with Crippen molar-refractivity contribution in [2.45, 2.75) is 38.6 Å². The molecule has 1 amide bonds. The third-order valence-corrected chi connectivity index (χ3v) is 4.17. The molecule has 0 unspecified atom stereocenters. The van der Waals surface area contributed by atoms with E-state index in [9.17, 15) is 4.79 Å². The molecule has 6 heteroatoms. The predicted octanol–water partition coefficient (Wildman–Crippen LogP) is 2.73. The van der Waals surface area contributed by atoms with Crippen LogP contribution in [-0.4, -0.2) is 40.7 Å². The molecule has 1 aliphatic rings. The maximum atomic E-state index is 12.7. The van der Waals surface area contributed by atoms with Crippen LogP contribution < -0.4 is 0 Å². The van der Waals surface area contributed by atoms with Crippen molar-refractivity contribution in [1.82, 2.24) is 15.0 Å². The number of hydrogen-bond donors (Lipinski definition) is 0. The van der Waals surface area contributed by atoms with Crippen molar-refractivity contribution in [2.75, 3.05) is 19.8 Å². The van der Waals surface area contributed by atoms with Gasteiger partial charge in [0.2, 0.25) is 11.8 Å². The highest BCUT2D eigenvalue weighted by Crippen LogP contribution is 2.24. The first-order valence-electron chi connectivity index (χ1n) is 8.40. The van der Waals surface area contributed by atoms with Gasteiger partial charge in [-0.15, -0.1) is 0 Å². The van der Waals surface area contributed by atoms with E-state index in [2.05, 4.69) is 10.1 Å². The molecule has 1 aromatic heterocycles. The number of rotatable bonds is 5. The Hall–Kier alpha value is -2.21. The molecule has 24 heavy (non-hydrogen) atoms. The van der Waals surface area contributed by atoms with Gasteiger partial charge in [-0.25, -0.2) is 0 Å². The number of hydrogen-bond acceptors (Lipinski definition) is 5. The molecule has 0 saturated carbocycles. The molecule has 0 spiro atoms. The standard InChI is InChI=1S/C18H23N3O3/c1-13(2)18-19-17(20-24-18)15-12-23-11-10-21(15)16(22)9-8-14-6-4-3-5-7-14/h3-7,13,15H,8-12H2,1-2H3/t15-/m1/s1. The van der Waals surface area contributed by atoms with Crippen molar-refractivity contribution in [3.63, 3.8) is 0 Å². The fraction of sp³-hybridized carbons (Fsp3) is 0.500. The molecule has 6 nitrogen and oxygen atoms in total. The van der Waals surface area contributed by atoms with Gasteiger partial charge in [0.05, 0.1) is 13.2 Å². The van der Waals surface area contributed by atoms with E-state index in [4.69, 9.17) is 9.26 Å². The van der Waals surface area contributed by atoms with Crippen LogP contribution in [0.1, 0.15) is 49.5 Å². The van der Waals surface area contributed by atoms with Crippen molar-refractivity contribution >= 4 is 5.91 Å². The third kappa shape index (κ3) is 3.82. The van der Waals surface area contributed by atoms with Gasteiger partial charge in [-0.05, 0) is 12.0 Å². The highest BCUT2D eigenvalue weighted by atomic mass is 16.5. The summed E-state index contributed by atoms with van der Waals surface area (Å²) < 4.78 is 10.8. The van der Waals surface area contributed by atoms with Gasteiger partial charge in [0, 0.05) is 18.9 Å². The Labute approximate surface area is 141 Å². The lowest BCUT2D eigenvalue weighted by molar-refractivity contribution is -0.140. The molecule has 1 saturated heterocycles. The quantitative estimate of drug-likeness (QED) is 0.843. The molecule has 0 N–H and O–H groups in total. The third-order valence-electron chi connectivity index (χ3n) is 4.17. The lowest BCUT2D eigenvalue weighted by Gasteiger charge is -2.33. The van der Waals surface area contributed by atoms with Crippen LogP contribution in [0.5, 0.6) is 0 Å². The fourth-order valence-electron chi connectivity index (χ4n) is 2.77. The molecular weight excluding hydrogens is 306 g/mol. The van der Waals surface area contributed by atoms with Gasteiger partial charge in [-0.1, -0.05) is 49.3 Å². The average molecular weight is 329 g/mol. The molecule has 2 aromatic rings. The maximum absolute atomic E-state index is 12.7. The van der Waals surface area contributed by atoms with Crippen LogP contribution in [0.25, 0.3) is 0 Å². The molecule has 1 aliphatic heterocycles. The second-order valence-corrected chi connectivity index (χ2v) is 6.31. The Balaban J connectivity index is 1.68. The summed E-state index contributed by atoms with van der Waals surface area (Å²) in [5.74, 6) is 1.39.